The van der Waals surface area contributed by atoms with Crippen molar-refractivity contribution in [2.24, 2.45) is 0 Å². The van der Waals surface area contributed by atoms with Crippen molar-refractivity contribution in [2.45, 2.75) is 6.54 Å². The molecule has 4 aromatic heterocycles. The highest BCUT2D eigenvalue weighted by Gasteiger charge is 2.37. The van der Waals surface area contributed by atoms with E-state index in [-0.39, 0.29) is 0 Å². The molecular formula is C20H14N5+. The van der Waals surface area contributed by atoms with Crippen molar-refractivity contribution in [2.75, 3.05) is 0 Å². The van der Waals surface area contributed by atoms with Crippen molar-refractivity contribution >= 4 is 16.7 Å². The van der Waals surface area contributed by atoms with Gasteiger partial charge >= 0.3 is 5.82 Å². The molecule has 118 valence electrons. The standard InChI is InChI=1S/C20H14N5/c1-2-6-15(7-3-1)25-19-17(11-16-12-21-9-10-23(16)19)24-13-14-5-4-8-22-18(14)20(24)25/h1-12H,13H2/q+1. The molecule has 0 unspecified atom stereocenters. The van der Waals surface area contributed by atoms with Gasteiger partial charge in [-0.2, -0.15) is 4.57 Å². The maximum Gasteiger partial charge on any atom is 0.315 e. The van der Waals surface area contributed by atoms with E-state index in [4.69, 9.17) is 0 Å². The van der Waals surface area contributed by atoms with Crippen LogP contribution in [-0.4, -0.2) is 18.9 Å². The van der Waals surface area contributed by atoms with E-state index < -0.39 is 0 Å². The minimum absolute atomic E-state index is 0.846. The van der Waals surface area contributed by atoms with Gasteiger partial charge in [0, 0.05) is 30.2 Å². The van der Waals surface area contributed by atoms with Crippen molar-refractivity contribution in [1.82, 2.24) is 18.9 Å². The Morgan fingerprint density at radius 1 is 1.00 bits per heavy atom. The summed E-state index contributed by atoms with van der Waals surface area (Å²) >= 11 is 0. The molecular weight excluding hydrogens is 310 g/mol. The van der Waals surface area contributed by atoms with Crippen molar-refractivity contribution in [3.05, 3.63) is 78.9 Å². The first kappa shape index (κ1) is 12.9. The zero-order chi connectivity index (χ0) is 16.4. The van der Waals surface area contributed by atoms with Crippen molar-refractivity contribution in [3.63, 3.8) is 0 Å². The van der Waals surface area contributed by atoms with Crippen LogP contribution in [0.25, 0.3) is 33.9 Å². The minimum atomic E-state index is 0.846. The third-order valence-corrected chi connectivity index (χ3v) is 4.94. The number of nitrogens with zero attached hydrogens (tertiary/aromatic N) is 5. The average molecular weight is 324 g/mol. The molecule has 5 nitrogen and oxygen atoms in total. The Hall–Kier alpha value is -3.47. The van der Waals surface area contributed by atoms with Crippen LogP contribution < -0.4 is 4.57 Å². The summed E-state index contributed by atoms with van der Waals surface area (Å²) in [4.78, 5) is 8.95. The summed E-state index contributed by atoms with van der Waals surface area (Å²) in [5.41, 5.74) is 6.90. The van der Waals surface area contributed by atoms with E-state index in [9.17, 15) is 0 Å². The Kier molecular flexibility index (Phi) is 2.34. The van der Waals surface area contributed by atoms with Crippen LogP contribution in [0.5, 0.6) is 0 Å². The first-order valence-corrected chi connectivity index (χ1v) is 8.31. The first-order chi connectivity index (χ1) is 12.4. The van der Waals surface area contributed by atoms with Gasteiger partial charge in [0.05, 0.1) is 11.7 Å². The molecule has 0 saturated heterocycles. The lowest BCUT2D eigenvalue weighted by molar-refractivity contribution is -0.645. The van der Waals surface area contributed by atoms with E-state index in [2.05, 4.69) is 59.9 Å². The zero-order valence-electron chi connectivity index (χ0n) is 13.4. The number of hydrogen-bond acceptors (Lipinski definition) is 2. The zero-order valence-corrected chi connectivity index (χ0v) is 13.4. The van der Waals surface area contributed by atoms with Gasteiger partial charge in [-0.1, -0.05) is 24.3 Å². The number of hydrogen-bond donors (Lipinski definition) is 0. The monoisotopic (exact) mass is 324 g/mol. The molecule has 1 aromatic carbocycles. The van der Waals surface area contributed by atoms with E-state index in [0.29, 0.717) is 0 Å². The average Bonchev–Trinajstić information content (AvgIpc) is 3.30. The number of imidazole rings is 1. The molecule has 0 aliphatic carbocycles. The summed E-state index contributed by atoms with van der Waals surface area (Å²) in [5, 5.41) is 0. The molecule has 0 radical (unpaired) electrons. The number of benzene rings is 1. The van der Waals surface area contributed by atoms with E-state index in [1.165, 1.54) is 11.1 Å². The molecule has 25 heavy (non-hydrogen) atoms. The topological polar surface area (TPSA) is 39.0 Å². The van der Waals surface area contributed by atoms with E-state index in [0.717, 1.165) is 34.9 Å². The fourth-order valence-corrected chi connectivity index (χ4v) is 3.91. The van der Waals surface area contributed by atoms with E-state index in [1.807, 2.05) is 36.9 Å². The van der Waals surface area contributed by atoms with Crippen molar-refractivity contribution in [1.29, 1.82) is 0 Å². The van der Waals surface area contributed by atoms with Crippen LogP contribution in [0.2, 0.25) is 0 Å². The molecule has 5 aromatic rings. The molecule has 0 bridgehead atoms. The van der Waals surface area contributed by atoms with Crippen LogP contribution in [0.1, 0.15) is 5.56 Å². The second-order valence-corrected chi connectivity index (χ2v) is 6.32. The maximum atomic E-state index is 4.68. The van der Waals surface area contributed by atoms with Gasteiger partial charge in [-0.05, 0) is 18.2 Å². The Morgan fingerprint density at radius 2 is 1.92 bits per heavy atom. The van der Waals surface area contributed by atoms with Crippen LogP contribution in [0.15, 0.2) is 73.3 Å². The van der Waals surface area contributed by atoms with Gasteiger partial charge in [0.2, 0.25) is 0 Å². The number of rotatable bonds is 1. The van der Waals surface area contributed by atoms with Gasteiger partial charge in [0.1, 0.15) is 12.2 Å². The quantitative estimate of drug-likeness (QED) is 0.436. The molecule has 1 aliphatic rings. The summed E-state index contributed by atoms with van der Waals surface area (Å²) in [5.74, 6) is 1.14. The molecule has 0 spiro atoms. The Labute approximate surface area is 143 Å². The predicted molar refractivity (Wildman–Crippen MR) is 94.6 cm³/mol. The number of para-hydroxylation sites is 1. The number of aromatic nitrogens is 5. The van der Waals surface area contributed by atoms with E-state index >= 15 is 0 Å². The molecule has 6 rings (SSSR count). The summed E-state index contributed by atoms with van der Waals surface area (Å²) < 4.78 is 6.86. The molecule has 0 saturated carbocycles. The first-order valence-electron chi connectivity index (χ1n) is 8.31. The fraction of sp³-hybridized carbons (Fsp3) is 0.0500. The highest BCUT2D eigenvalue weighted by atomic mass is 15.2. The number of fused-ring (bicyclic) bond motifs is 7. The largest absolute Gasteiger partial charge is 0.315 e. The highest BCUT2D eigenvalue weighted by molar-refractivity contribution is 5.83. The predicted octanol–water partition coefficient (Wildman–Crippen LogP) is 2.99. The Morgan fingerprint density at radius 3 is 2.84 bits per heavy atom. The van der Waals surface area contributed by atoms with Crippen LogP contribution >= 0.6 is 0 Å². The molecule has 5 heterocycles. The Balaban J connectivity index is 1.84. The van der Waals surface area contributed by atoms with Gasteiger partial charge < -0.3 is 0 Å². The second-order valence-electron chi connectivity index (χ2n) is 6.32. The van der Waals surface area contributed by atoms with Gasteiger partial charge in [0.15, 0.2) is 11.2 Å². The summed E-state index contributed by atoms with van der Waals surface area (Å²) in [7, 11) is 0. The van der Waals surface area contributed by atoms with Crippen molar-refractivity contribution in [3.8, 4) is 17.2 Å². The summed E-state index contributed by atoms with van der Waals surface area (Å²) in [6.45, 7) is 0.846. The van der Waals surface area contributed by atoms with Gasteiger partial charge in [0.25, 0.3) is 5.65 Å². The Bertz CT molecular complexity index is 1260. The minimum Gasteiger partial charge on any atom is -0.277 e. The fourth-order valence-electron chi connectivity index (χ4n) is 3.91. The van der Waals surface area contributed by atoms with Crippen molar-refractivity contribution < 1.29 is 4.57 Å². The maximum absolute atomic E-state index is 4.68. The third-order valence-electron chi connectivity index (χ3n) is 4.94. The van der Waals surface area contributed by atoms with Gasteiger partial charge in [-0.3, -0.25) is 9.38 Å². The van der Waals surface area contributed by atoms with Crippen LogP contribution in [0.3, 0.4) is 0 Å². The number of pyridine rings is 1. The summed E-state index contributed by atoms with van der Waals surface area (Å²) in [6.07, 6.45) is 7.63. The van der Waals surface area contributed by atoms with Crippen LogP contribution in [-0.2, 0) is 6.54 Å². The third kappa shape index (κ3) is 1.59. The summed E-state index contributed by atoms with van der Waals surface area (Å²) in [6, 6.07) is 16.8. The molecule has 0 atom stereocenters. The lowest BCUT2D eigenvalue weighted by atomic mass is 10.2. The highest BCUT2D eigenvalue weighted by Crippen LogP contribution is 2.33. The van der Waals surface area contributed by atoms with Gasteiger partial charge in [-0.25, -0.2) is 9.55 Å². The molecule has 1 aliphatic heterocycles. The van der Waals surface area contributed by atoms with Crippen LogP contribution in [0, 0.1) is 0 Å². The normalized spacial score (nSPS) is 12.6. The SMILES string of the molecule is c1ccc(-n2c3[n+](c4cc5cnccn5c42)Cc2cccnc2-3)cc1. The van der Waals surface area contributed by atoms with E-state index in [1.54, 1.807) is 0 Å². The lowest BCUT2D eigenvalue weighted by Crippen LogP contribution is -2.31. The second kappa shape index (κ2) is 4.54. The van der Waals surface area contributed by atoms with Crippen LogP contribution in [0.4, 0.5) is 0 Å². The molecule has 0 amide bonds. The molecule has 0 N–H and O–H groups in total. The molecule has 5 heteroatoms. The smallest absolute Gasteiger partial charge is 0.277 e. The lowest BCUT2D eigenvalue weighted by Gasteiger charge is -2.02. The van der Waals surface area contributed by atoms with Gasteiger partial charge in [-0.15, -0.1) is 0 Å². The molecule has 0 fully saturated rings.